The number of nitrogen functional groups attached to an aromatic ring is 1. The lowest BCUT2D eigenvalue weighted by atomic mass is 10.2. The average Bonchev–Trinajstić information content (AvgIpc) is 3.47. The largest absolute Gasteiger partial charge is 0.490 e. The molecule has 5 atom stereocenters. The number of phosphoric ester groups is 1. The maximum atomic E-state index is 12.0. The van der Waals surface area contributed by atoms with E-state index < -0.39 is 48.5 Å². The van der Waals surface area contributed by atoms with E-state index in [4.69, 9.17) is 20.3 Å². The second-order valence-corrected chi connectivity index (χ2v) is 11.7. The second-order valence-electron chi connectivity index (χ2n) is 7.27. The Hall–Kier alpha value is -2.55. The van der Waals surface area contributed by atoms with Crippen LogP contribution in [0.4, 0.5) is 5.82 Å². The fourth-order valence-electron chi connectivity index (χ4n) is 3.23. The number of anilines is 1. The van der Waals surface area contributed by atoms with Crippen LogP contribution in [0.5, 0.6) is 0 Å². The van der Waals surface area contributed by atoms with Crippen molar-refractivity contribution in [2.24, 2.45) is 0 Å². The number of aromatic amines is 1. The van der Waals surface area contributed by atoms with Crippen LogP contribution in [0.2, 0.25) is 0 Å². The summed E-state index contributed by atoms with van der Waals surface area (Å²) in [5, 5.41) is 10.4. The minimum Gasteiger partial charge on any atom is -0.390 e. The molecule has 4 heterocycles. The number of nitrogens with zero attached hydrogens (tertiary/aromatic N) is 5. The van der Waals surface area contributed by atoms with Crippen molar-refractivity contribution < 1.29 is 56.3 Å². The maximum Gasteiger partial charge on any atom is 0.490 e. The molecule has 37 heavy (non-hydrogen) atoms. The topological polar surface area (TPSA) is 288 Å². The van der Waals surface area contributed by atoms with Crippen LogP contribution < -0.4 is 5.73 Å². The Morgan fingerprint density at radius 3 is 2.59 bits per heavy atom. The Morgan fingerprint density at radius 2 is 1.92 bits per heavy atom. The van der Waals surface area contributed by atoms with Gasteiger partial charge < -0.3 is 40.1 Å². The van der Waals surface area contributed by atoms with Gasteiger partial charge in [0.1, 0.15) is 24.4 Å². The molecule has 19 nitrogen and oxygen atoms in total. The summed E-state index contributed by atoms with van der Waals surface area (Å²) < 4.78 is 53.2. The fourth-order valence-corrected chi connectivity index (χ4v) is 6.26. The number of aliphatic hydroxyl groups is 1. The molecule has 3 aromatic heterocycles. The van der Waals surface area contributed by atoms with Gasteiger partial charge in [0.25, 0.3) is 0 Å². The van der Waals surface area contributed by atoms with Crippen LogP contribution in [0.1, 0.15) is 24.2 Å². The summed E-state index contributed by atoms with van der Waals surface area (Å²) in [6.45, 7) is -0.847. The second kappa shape index (κ2) is 10.3. The third-order valence-electron chi connectivity index (χ3n) is 4.62. The quantitative estimate of drug-likeness (QED) is 0.131. The molecule has 3 aromatic rings. The molecule has 0 spiro atoms. The molecular weight excluding hydrogens is 563 g/mol. The summed E-state index contributed by atoms with van der Waals surface area (Å²) in [5.74, 6) is 5.80. The minimum absolute atomic E-state index is 0.0519. The van der Waals surface area contributed by atoms with Gasteiger partial charge in [-0.15, -0.1) is 0 Å². The highest BCUT2D eigenvalue weighted by molar-refractivity contribution is 7.66. The van der Waals surface area contributed by atoms with Gasteiger partial charge in [0.05, 0.1) is 25.2 Å². The van der Waals surface area contributed by atoms with Crippen LogP contribution >= 0.6 is 23.5 Å². The van der Waals surface area contributed by atoms with Gasteiger partial charge in [0.2, 0.25) is 0 Å². The SMILES string of the molecule is Nc1ncnc2c1nc(C#Cc1cnc[nH]1)n2[C@H]1C[C@H](O)[C@@H](COP(=O)(O)OP(=O)(O)OP(=O)(O)O)O1. The van der Waals surface area contributed by atoms with Gasteiger partial charge in [-0.05, 0) is 11.8 Å². The van der Waals surface area contributed by atoms with Crippen molar-refractivity contribution in [1.82, 2.24) is 29.5 Å². The summed E-state index contributed by atoms with van der Waals surface area (Å²) in [4.78, 5) is 55.1. The van der Waals surface area contributed by atoms with Crippen molar-refractivity contribution in [3.05, 3.63) is 30.4 Å². The molecule has 1 aliphatic rings. The monoisotopic (exact) mass is 581 g/mol. The Bertz CT molecular complexity index is 1500. The first-order valence-corrected chi connectivity index (χ1v) is 14.4. The Kier molecular flexibility index (Phi) is 7.66. The molecule has 2 unspecified atom stereocenters. The van der Waals surface area contributed by atoms with Gasteiger partial charge in [0, 0.05) is 6.42 Å². The van der Waals surface area contributed by atoms with Crippen molar-refractivity contribution in [1.29, 1.82) is 0 Å². The lowest BCUT2D eigenvalue weighted by molar-refractivity contribution is -0.0425. The summed E-state index contributed by atoms with van der Waals surface area (Å²) in [6, 6.07) is 0. The Balaban J connectivity index is 1.53. The zero-order valence-corrected chi connectivity index (χ0v) is 20.8. The third-order valence-corrected chi connectivity index (χ3v) is 8.43. The van der Waals surface area contributed by atoms with Gasteiger partial charge >= 0.3 is 23.5 Å². The highest BCUT2D eigenvalue weighted by Gasteiger charge is 2.43. The van der Waals surface area contributed by atoms with Crippen molar-refractivity contribution in [3.63, 3.8) is 0 Å². The standard InChI is InChI=1S/C15H18N7O12P3/c16-14-13-15(20-7-19-14)22(11(21-13)2-1-8-4-17-6-18-8)12-3-9(23)10(32-12)5-31-36(27,28)34-37(29,30)33-35(24,25)26/h4,6-7,9-10,12,23H,3,5H2,(H,17,18)(H,27,28)(H,29,30)(H2,16,19,20)(H2,24,25,26)/t9-,10+,12+/m0/s1. The average molecular weight is 581 g/mol. The van der Waals surface area contributed by atoms with E-state index in [0.717, 1.165) is 0 Å². The molecule has 0 aliphatic carbocycles. The van der Waals surface area contributed by atoms with E-state index in [1.54, 1.807) is 0 Å². The number of imidazole rings is 2. The van der Waals surface area contributed by atoms with Crippen molar-refractivity contribution >= 4 is 40.4 Å². The number of aromatic nitrogens is 6. The number of rotatable bonds is 8. The molecule has 22 heteroatoms. The van der Waals surface area contributed by atoms with E-state index in [1.807, 2.05) is 0 Å². The molecule has 0 saturated carbocycles. The zero-order chi connectivity index (χ0) is 27.0. The van der Waals surface area contributed by atoms with E-state index in [9.17, 15) is 28.6 Å². The number of H-pyrrole nitrogens is 1. The third kappa shape index (κ3) is 6.86. The number of hydrogen-bond donors (Lipinski definition) is 7. The molecule has 0 aromatic carbocycles. The van der Waals surface area contributed by atoms with Gasteiger partial charge in [-0.1, -0.05) is 0 Å². The van der Waals surface area contributed by atoms with Gasteiger partial charge in [-0.3, -0.25) is 9.09 Å². The van der Waals surface area contributed by atoms with E-state index in [0.29, 0.717) is 5.69 Å². The number of fused-ring (bicyclic) bond motifs is 1. The van der Waals surface area contributed by atoms with Gasteiger partial charge in [0.15, 0.2) is 22.8 Å². The molecule has 0 bridgehead atoms. The first-order valence-electron chi connectivity index (χ1n) is 9.84. The predicted octanol–water partition coefficient (Wildman–Crippen LogP) is -0.477. The molecule has 8 N–H and O–H groups in total. The summed E-state index contributed by atoms with van der Waals surface area (Å²) in [5.41, 5.74) is 6.78. The Labute approximate surface area is 206 Å². The molecular formula is C15H18N7O12P3. The van der Waals surface area contributed by atoms with Crippen molar-refractivity contribution in [3.8, 4) is 11.8 Å². The van der Waals surface area contributed by atoms with E-state index in [1.165, 1.54) is 23.4 Å². The van der Waals surface area contributed by atoms with Crippen molar-refractivity contribution in [2.45, 2.75) is 24.9 Å². The summed E-state index contributed by atoms with van der Waals surface area (Å²) >= 11 is 0. The van der Waals surface area contributed by atoms with Crippen LogP contribution in [-0.2, 0) is 31.6 Å². The molecule has 0 radical (unpaired) electrons. The lowest BCUT2D eigenvalue weighted by Gasteiger charge is -2.19. The van der Waals surface area contributed by atoms with Crippen LogP contribution in [0.3, 0.4) is 0 Å². The van der Waals surface area contributed by atoms with Gasteiger partial charge in [-0.25, -0.2) is 33.6 Å². The molecule has 1 fully saturated rings. The molecule has 200 valence electrons. The van der Waals surface area contributed by atoms with E-state index >= 15 is 0 Å². The smallest absolute Gasteiger partial charge is 0.390 e. The predicted molar refractivity (Wildman–Crippen MR) is 119 cm³/mol. The molecule has 4 rings (SSSR count). The number of phosphoric acid groups is 3. The Morgan fingerprint density at radius 1 is 1.16 bits per heavy atom. The minimum atomic E-state index is -5.70. The first-order chi connectivity index (χ1) is 17.2. The molecule has 1 aliphatic heterocycles. The van der Waals surface area contributed by atoms with Crippen LogP contribution in [0.25, 0.3) is 11.2 Å². The van der Waals surface area contributed by atoms with Crippen LogP contribution in [-0.4, -0.2) is 73.0 Å². The number of ether oxygens (including phenoxy) is 1. The van der Waals surface area contributed by atoms with Crippen LogP contribution in [0, 0.1) is 11.8 Å². The van der Waals surface area contributed by atoms with E-state index in [2.05, 4.69) is 49.9 Å². The lowest BCUT2D eigenvalue weighted by Crippen LogP contribution is -2.26. The highest BCUT2D eigenvalue weighted by atomic mass is 31.3. The summed E-state index contributed by atoms with van der Waals surface area (Å²) in [7, 11) is -16.7. The van der Waals surface area contributed by atoms with Gasteiger partial charge in [-0.2, -0.15) is 8.62 Å². The summed E-state index contributed by atoms with van der Waals surface area (Å²) in [6.07, 6.45) is 0.438. The maximum absolute atomic E-state index is 12.0. The first kappa shape index (κ1) is 27.5. The number of nitrogens with two attached hydrogens (primary N) is 1. The number of nitrogens with one attached hydrogen (secondary N) is 1. The number of hydrogen-bond acceptors (Lipinski definition) is 13. The van der Waals surface area contributed by atoms with E-state index in [-0.39, 0.29) is 29.2 Å². The fraction of sp³-hybridized carbons (Fsp3) is 0.333. The highest BCUT2D eigenvalue weighted by Crippen LogP contribution is 2.66. The van der Waals surface area contributed by atoms with Crippen molar-refractivity contribution in [2.75, 3.05) is 12.3 Å². The number of aliphatic hydroxyl groups excluding tert-OH is 1. The zero-order valence-electron chi connectivity index (χ0n) is 18.1. The normalized spacial score (nSPS) is 23.3. The molecule has 1 saturated heterocycles. The molecule has 0 amide bonds. The van der Waals surface area contributed by atoms with Crippen LogP contribution in [0.15, 0.2) is 18.9 Å².